The first-order chi connectivity index (χ1) is 9.70. The average molecular weight is 343 g/mol. The molecule has 0 saturated heterocycles. The van der Waals surface area contributed by atoms with E-state index >= 15 is 0 Å². The highest BCUT2D eigenvalue weighted by atomic mass is 32.7. The summed E-state index contributed by atoms with van der Waals surface area (Å²) in [6.07, 6.45) is 1.22. The zero-order valence-corrected chi connectivity index (χ0v) is 15.4. The average Bonchev–Trinajstić information content (AvgIpc) is 2.43. The lowest BCUT2D eigenvalue weighted by Crippen LogP contribution is -2.24. The Morgan fingerprint density at radius 2 is 2.00 bits per heavy atom. The van der Waals surface area contributed by atoms with Crippen molar-refractivity contribution >= 4 is 46.5 Å². The largest absolute Gasteiger partial charge is 0.298 e. The Bertz CT molecular complexity index is 558. The van der Waals surface area contributed by atoms with Gasteiger partial charge in [0.25, 0.3) is 5.91 Å². The lowest BCUT2D eigenvalue weighted by Gasteiger charge is -2.29. The maximum atomic E-state index is 12.5. The molecule has 2 unspecified atom stereocenters. The summed E-state index contributed by atoms with van der Waals surface area (Å²) >= 11 is 1.25. The highest BCUT2D eigenvalue weighted by Gasteiger charge is 2.27. The van der Waals surface area contributed by atoms with Crippen molar-refractivity contribution in [2.45, 2.75) is 25.7 Å². The van der Waals surface area contributed by atoms with E-state index in [0.717, 1.165) is 9.87 Å². The zero-order chi connectivity index (χ0) is 16.2. The zero-order valence-electron chi connectivity index (χ0n) is 12.5. The van der Waals surface area contributed by atoms with Gasteiger partial charge >= 0.3 is 0 Å². The molecule has 21 heavy (non-hydrogen) atoms. The number of aryl methyl sites for hydroxylation is 1. The van der Waals surface area contributed by atoms with Crippen LogP contribution in [0.3, 0.4) is 0 Å². The van der Waals surface area contributed by atoms with Crippen molar-refractivity contribution in [1.29, 1.82) is 0 Å². The minimum absolute atomic E-state index is 0.0543. The van der Waals surface area contributed by atoms with Crippen LogP contribution in [-0.2, 0) is 4.79 Å². The van der Waals surface area contributed by atoms with E-state index in [4.69, 9.17) is 0 Å². The van der Waals surface area contributed by atoms with Crippen LogP contribution in [0.25, 0.3) is 0 Å². The van der Waals surface area contributed by atoms with E-state index in [1.54, 1.807) is 19.1 Å². The van der Waals surface area contributed by atoms with Crippen LogP contribution in [0.15, 0.2) is 18.2 Å². The van der Waals surface area contributed by atoms with Crippen LogP contribution in [0.2, 0.25) is 0 Å². The molecular formula is C14H19NO3P2S. The SMILES string of the molecule is Cc1ccc(C=O)cc1C(=O)N(C=O)SP(C)C(C)(C)P. The van der Waals surface area contributed by atoms with Crippen LogP contribution in [-0.4, -0.2) is 34.5 Å². The van der Waals surface area contributed by atoms with Crippen molar-refractivity contribution in [3.8, 4) is 0 Å². The van der Waals surface area contributed by atoms with Gasteiger partial charge in [0.2, 0.25) is 6.41 Å². The Labute approximate surface area is 132 Å². The molecule has 114 valence electrons. The molecular weight excluding hydrogens is 324 g/mol. The van der Waals surface area contributed by atoms with Crippen LogP contribution in [0.5, 0.6) is 0 Å². The molecule has 0 fully saturated rings. The van der Waals surface area contributed by atoms with Gasteiger partial charge in [0.15, 0.2) is 0 Å². The number of nitrogens with zero attached hydrogens (tertiary/aromatic N) is 1. The first-order valence-corrected chi connectivity index (χ1v) is 10.0. The minimum Gasteiger partial charge on any atom is -0.298 e. The van der Waals surface area contributed by atoms with Crippen molar-refractivity contribution in [3.63, 3.8) is 0 Å². The van der Waals surface area contributed by atoms with Crippen molar-refractivity contribution in [2.24, 2.45) is 0 Å². The van der Waals surface area contributed by atoms with Gasteiger partial charge in [0.1, 0.15) is 6.29 Å². The fourth-order valence-electron chi connectivity index (χ4n) is 1.40. The Morgan fingerprint density at radius 1 is 1.38 bits per heavy atom. The Kier molecular flexibility index (Phi) is 6.52. The second kappa shape index (κ2) is 7.49. The third kappa shape index (κ3) is 4.88. The van der Waals surface area contributed by atoms with Crippen LogP contribution in [0, 0.1) is 6.92 Å². The molecule has 0 N–H and O–H groups in total. The Balaban J connectivity index is 3.04. The van der Waals surface area contributed by atoms with E-state index < -0.39 is 7.12 Å². The second-order valence-corrected chi connectivity index (χ2v) is 11.9. The fourth-order valence-corrected chi connectivity index (χ4v) is 4.27. The first-order valence-electron chi connectivity index (χ1n) is 6.26. The summed E-state index contributed by atoms with van der Waals surface area (Å²) < 4.78 is 1.12. The number of rotatable bonds is 6. The normalized spacial score (nSPS) is 12.6. The second-order valence-electron chi connectivity index (χ2n) is 5.16. The van der Waals surface area contributed by atoms with Gasteiger partial charge < -0.3 is 0 Å². The Hall–Kier alpha value is -0.760. The van der Waals surface area contributed by atoms with Gasteiger partial charge in [0, 0.05) is 16.0 Å². The molecule has 1 aromatic rings. The fraction of sp³-hybridized carbons (Fsp3) is 0.357. The van der Waals surface area contributed by atoms with Gasteiger partial charge in [-0.15, -0.1) is 9.24 Å². The molecule has 1 aromatic carbocycles. The van der Waals surface area contributed by atoms with Crippen LogP contribution in [0.1, 0.15) is 40.1 Å². The number of amides is 2. The van der Waals surface area contributed by atoms with Crippen LogP contribution < -0.4 is 0 Å². The molecule has 7 heteroatoms. The van der Waals surface area contributed by atoms with Crippen molar-refractivity contribution in [1.82, 2.24) is 4.31 Å². The summed E-state index contributed by atoms with van der Waals surface area (Å²) in [7, 11) is 2.11. The molecule has 0 bridgehead atoms. The quantitative estimate of drug-likeness (QED) is 0.449. The van der Waals surface area contributed by atoms with E-state index in [1.165, 1.54) is 17.6 Å². The predicted molar refractivity (Wildman–Crippen MR) is 93.0 cm³/mol. The number of carbonyl (C=O) groups is 3. The van der Waals surface area contributed by atoms with E-state index in [1.807, 2.05) is 20.5 Å². The first kappa shape index (κ1) is 18.3. The third-order valence-corrected chi connectivity index (χ3v) is 9.64. The van der Waals surface area contributed by atoms with Gasteiger partial charge in [-0.05, 0) is 43.9 Å². The highest BCUT2D eigenvalue weighted by molar-refractivity contribution is 8.55. The molecule has 0 aliphatic heterocycles. The number of carbonyl (C=O) groups excluding carboxylic acids is 3. The molecule has 0 radical (unpaired) electrons. The number of hydrogen-bond donors (Lipinski definition) is 0. The van der Waals surface area contributed by atoms with Gasteiger partial charge in [-0.25, -0.2) is 4.31 Å². The summed E-state index contributed by atoms with van der Waals surface area (Å²) in [6, 6.07) is 4.88. The topological polar surface area (TPSA) is 54.5 Å². The van der Waals surface area contributed by atoms with E-state index in [-0.39, 0.29) is 10.8 Å². The van der Waals surface area contributed by atoms with Crippen molar-refractivity contribution in [3.05, 3.63) is 34.9 Å². The smallest absolute Gasteiger partial charge is 0.271 e. The van der Waals surface area contributed by atoms with Gasteiger partial charge in [0.05, 0.1) is 0 Å². The Morgan fingerprint density at radius 3 is 2.48 bits per heavy atom. The monoisotopic (exact) mass is 343 g/mol. The summed E-state index contributed by atoms with van der Waals surface area (Å²) in [5, 5.41) is 0. The van der Waals surface area contributed by atoms with Crippen LogP contribution in [0.4, 0.5) is 0 Å². The molecule has 0 heterocycles. The lowest BCUT2D eigenvalue weighted by molar-refractivity contribution is -0.112. The predicted octanol–water partition coefficient (Wildman–Crippen LogP) is 3.69. The molecule has 1 rings (SSSR count). The van der Waals surface area contributed by atoms with Crippen molar-refractivity contribution in [2.75, 3.05) is 6.66 Å². The molecule has 0 aliphatic carbocycles. The molecule has 0 aromatic heterocycles. The summed E-state index contributed by atoms with van der Waals surface area (Å²) in [5.74, 6) is -0.389. The highest BCUT2D eigenvalue weighted by Crippen LogP contribution is 2.61. The molecule has 2 amide bonds. The third-order valence-electron chi connectivity index (χ3n) is 2.95. The van der Waals surface area contributed by atoms with Gasteiger partial charge in [-0.2, -0.15) is 0 Å². The van der Waals surface area contributed by atoms with E-state index in [2.05, 4.69) is 9.24 Å². The van der Waals surface area contributed by atoms with Gasteiger partial charge in [-0.3, -0.25) is 14.4 Å². The molecule has 0 spiro atoms. The summed E-state index contributed by atoms with van der Waals surface area (Å²) in [5.41, 5.74) is 1.54. The number of benzene rings is 1. The number of hydrogen-bond acceptors (Lipinski definition) is 4. The molecule has 0 saturated carbocycles. The molecule has 2 atom stereocenters. The van der Waals surface area contributed by atoms with Crippen molar-refractivity contribution < 1.29 is 14.4 Å². The maximum absolute atomic E-state index is 12.5. The van der Waals surface area contributed by atoms with E-state index in [9.17, 15) is 14.4 Å². The maximum Gasteiger partial charge on any atom is 0.271 e. The van der Waals surface area contributed by atoms with Gasteiger partial charge in [-0.1, -0.05) is 26.0 Å². The van der Waals surface area contributed by atoms with E-state index in [0.29, 0.717) is 23.8 Å². The lowest BCUT2D eigenvalue weighted by atomic mass is 10.1. The standard InChI is InChI=1S/C14H19NO3P2S/c1-10-5-6-11(8-16)7-12(10)13(18)15(9-17)21-20(4)14(2,3)19/h5-9H,19H2,1-4H3. The summed E-state index contributed by atoms with van der Waals surface area (Å²) in [4.78, 5) is 34.5. The minimum atomic E-state index is -0.627. The molecule has 4 nitrogen and oxygen atoms in total. The summed E-state index contributed by atoms with van der Waals surface area (Å²) in [6.45, 7) is 7.89. The number of aldehydes is 1. The number of imide groups is 1. The van der Waals surface area contributed by atoms with Crippen LogP contribution >= 0.6 is 27.9 Å². The molecule has 0 aliphatic rings.